The summed E-state index contributed by atoms with van der Waals surface area (Å²) >= 11 is 0. The van der Waals surface area contributed by atoms with Crippen LogP contribution in [0, 0.1) is 0 Å². The van der Waals surface area contributed by atoms with Crippen molar-refractivity contribution < 1.29 is 22.0 Å². The lowest BCUT2D eigenvalue weighted by Gasteiger charge is -2.12. The van der Waals surface area contributed by atoms with Crippen LogP contribution in [-0.4, -0.2) is 24.1 Å². The Morgan fingerprint density at radius 2 is 1.57 bits per heavy atom. The normalized spacial score (nSPS) is 11.6. The first-order valence-corrected chi connectivity index (χ1v) is 12.1. The van der Waals surface area contributed by atoms with Crippen molar-refractivity contribution in [2.24, 2.45) is 5.14 Å². The molecule has 1 amide bonds. The minimum absolute atomic E-state index is 0.0926. The summed E-state index contributed by atoms with van der Waals surface area (Å²) in [7, 11) is -3.92. The molecule has 0 saturated carbocycles. The summed E-state index contributed by atoms with van der Waals surface area (Å²) in [6.07, 6.45) is -2.86. The molecule has 0 saturated heterocycles. The highest BCUT2D eigenvalue weighted by Crippen LogP contribution is 2.40. The monoisotopic (exact) mass is 496 g/mol. The summed E-state index contributed by atoms with van der Waals surface area (Å²) in [4.78, 5) is 11.1. The van der Waals surface area contributed by atoms with Crippen molar-refractivity contribution >= 4 is 15.9 Å². The topological polar surface area (TPSA) is 107 Å². The first-order chi connectivity index (χ1) is 16.6. The molecule has 0 atom stereocenters. The zero-order chi connectivity index (χ0) is 25.2. The Labute approximate surface area is 201 Å². The van der Waals surface area contributed by atoms with Gasteiger partial charge in [0.25, 0.3) is 6.43 Å². The maximum Gasteiger partial charge on any atom is 0.282 e. The molecule has 0 aliphatic rings. The van der Waals surface area contributed by atoms with E-state index in [1.165, 1.54) is 35.9 Å². The van der Waals surface area contributed by atoms with Crippen LogP contribution in [0.5, 0.6) is 0 Å². The van der Waals surface area contributed by atoms with Crippen molar-refractivity contribution in [1.29, 1.82) is 0 Å². The molecule has 0 aliphatic heterocycles. The molecule has 7 nitrogen and oxygen atoms in total. The highest BCUT2D eigenvalue weighted by Gasteiger charge is 2.27. The Hall–Kier alpha value is -3.89. The van der Waals surface area contributed by atoms with Crippen molar-refractivity contribution in [3.63, 3.8) is 0 Å². The van der Waals surface area contributed by atoms with Crippen LogP contribution in [0.25, 0.3) is 28.1 Å². The number of halogens is 2. The summed E-state index contributed by atoms with van der Waals surface area (Å²) < 4.78 is 53.3. The zero-order valence-electron chi connectivity index (χ0n) is 18.7. The van der Waals surface area contributed by atoms with Gasteiger partial charge in [0.1, 0.15) is 5.69 Å². The number of primary sulfonamides is 1. The van der Waals surface area contributed by atoms with E-state index in [1.54, 1.807) is 54.6 Å². The summed E-state index contributed by atoms with van der Waals surface area (Å²) in [6.45, 7) is 1.72. The molecule has 180 valence electrons. The number of hydrogen-bond acceptors (Lipinski definition) is 4. The molecule has 35 heavy (non-hydrogen) atoms. The van der Waals surface area contributed by atoms with E-state index in [2.05, 4.69) is 10.4 Å². The molecular formula is C25H22F2N4O3S. The predicted molar refractivity (Wildman–Crippen MR) is 128 cm³/mol. The maximum absolute atomic E-state index is 14.2. The fourth-order valence-corrected chi connectivity index (χ4v) is 4.23. The van der Waals surface area contributed by atoms with Gasteiger partial charge >= 0.3 is 0 Å². The van der Waals surface area contributed by atoms with E-state index in [0.29, 0.717) is 29.1 Å². The summed E-state index contributed by atoms with van der Waals surface area (Å²) in [5, 5.41) is 12.2. The number of benzene rings is 3. The van der Waals surface area contributed by atoms with Crippen molar-refractivity contribution in [1.82, 2.24) is 15.1 Å². The second-order valence-electron chi connectivity index (χ2n) is 7.83. The van der Waals surface area contributed by atoms with Gasteiger partial charge in [0, 0.05) is 24.6 Å². The smallest absolute Gasteiger partial charge is 0.282 e. The van der Waals surface area contributed by atoms with Crippen LogP contribution >= 0.6 is 0 Å². The van der Waals surface area contributed by atoms with Gasteiger partial charge in [-0.25, -0.2) is 27.0 Å². The van der Waals surface area contributed by atoms with Crippen molar-refractivity contribution in [3.05, 3.63) is 90.1 Å². The van der Waals surface area contributed by atoms with Crippen LogP contribution in [0.2, 0.25) is 0 Å². The Morgan fingerprint density at radius 3 is 2.11 bits per heavy atom. The van der Waals surface area contributed by atoms with E-state index in [-0.39, 0.29) is 16.4 Å². The van der Waals surface area contributed by atoms with Gasteiger partial charge in [-0.05, 0) is 35.4 Å². The lowest BCUT2D eigenvalue weighted by atomic mass is 9.97. The fraction of sp³-hybridized carbons (Fsp3) is 0.120. The Morgan fingerprint density at radius 1 is 0.971 bits per heavy atom. The first kappa shape index (κ1) is 24.2. The van der Waals surface area contributed by atoms with Gasteiger partial charge in [-0.3, -0.25) is 4.79 Å². The van der Waals surface area contributed by atoms with Gasteiger partial charge in [-0.15, -0.1) is 0 Å². The van der Waals surface area contributed by atoms with Crippen LogP contribution < -0.4 is 10.5 Å². The molecule has 1 heterocycles. The van der Waals surface area contributed by atoms with Crippen molar-refractivity contribution in [2.45, 2.75) is 24.8 Å². The van der Waals surface area contributed by atoms with Crippen LogP contribution in [0.15, 0.2) is 83.8 Å². The number of alkyl halides is 2. The minimum Gasteiger partial charge on any atom is -0.352 e. The summed E-state index contributed by atoms with van der Waals surface area (Å²) in [5.74, 6) is -0.177. The molecule has 0 radical (unpaired) electrons. The molecule has 0 fully saturated rings. The van der Waals surface area contributed by atoms with Crippen LogP contribution in [0.3, 0.4) is 0 Å². The second-order valence-corrected chi connectivity index (χ2v) is 9.39. The van der Waals surface area contributed by atoms with E-state index in [0.717, 1.165) is 5.56 Å². The van der Waals surface area contributed by atoms with Gasteiger partial charge in [-0.2, -0.15) is 5.10 Å². The van der Waals surface area contributed by atoms with Gasteiger partial charge in [0.05, 0.1) is 16.3 Å². The van der Waals surface area contributed by atoms with Gasteiger partial charge in [0.2, 0.25) is 15.9 Å². The quantitative estimate of drug-likeness (QED) is 0.395. The molecule has 0 spiro atoms. The van der Waals surface area contributed by atoms with Crippen molar-refractivity contribution in [3.8, 4) is 28.1 Å². The number of amides is 1. The first-order valence-electron chi connectivity index (χ1n) is 10.6. The third-order valence-electron chi connectivity index (χ3n) is 5.36. The highest BCUT2D eigenvalue weighted by atomic mass is 32.2. The van der Waals surface area contributed by atoms with Crippen molar-refractivity contribution in [2.75, 3.05) is 0 Å². The van der Waals surface area contributed by atoms with Crippen LogP contribution in [-0.2, 0) is 21.4 Å². The number of nitrogens with two attached hydrogens (primary N) is 1. The SMILES string of the molecule is CC(=O)NCc1ccc(-c2c(C(F)F)nn(-c3ccccc3)c2-c2ccc(S(N)(=O)=O)cc2)cc1. The van der Waals surface area contributed by atoms with E-state index in [9.17, 15) is 22.0 Å². The standard InChI is InChI=1S/C25H22F2N4O3S/c1-16(32)29-15-17-7-9-18(10-8-17)22-23(25(26)27)30-31(20-5-3-2-4-6-20)24(22)19-11-13-21(14-12-19)35(28,33)34/h2-14,25H,15H2,1H3,(H,29,32)(H2,28,33,34). The molecule has 4 aromatic rings. The average Bonchev–Trinajstić information content (AvgIpc) is 3.24. The molecule has 0 unspecified atom stereocenters. The van der Waals surface area contributed by atoms with E-state index in [1.807, 2.05) is 0 Å². The number of carbonyl (C=O) groups excluding carboxylic acids is 1. The van der Waals surface area contributed by atoms with E-state index >= 15 is 0 Å². The van der Waals surface area contributed by atoms with E-state index < -0.39 is 22.1 Å². The molecule has 0 aliphatic carbocycles. The van der Waals surface area contributed by atoms with Crippen LogP contribution in [0.4, 0.5) is 8.78 Å². The Balaban J connectivity index is 1.93. The molecule has 3 aromatic carbocycles. The Bertz CT molecular complexity index is 1450. The average molecular weight is 497 g/mol. The zero-order valence-corrected chi connectivity index (χ0v) is 19.5. The number of hydrogen-bond donors (Lipinski definition) is 2. The number of nitrogens with one attached hydrogen (secondary N) is 1. The van der Waals surface area contributed by atoms with Gasteiger partial charge in [0.15, 0.2) is 0 Å². The molecule has 10 heteroatoms. The third kappa shape index (κ3) is 5.28. The number of carbonyl (C=O) groups is 1. The molecular weight excluding hydrogens is 474 g/mol. The summed E-state index contributed by atoms with van der Waals surface area (Å²) in [5.41, 5.74) is 2.54. The third-order valence-corrected chi connectivity index (χ3v) is 6.29. The summed E-state index contributed by atoms with van der Waals surface area (Å²) in [6, 6.07) is 21.4. The highest BCUT2D eigenvalue weighted by molar-refractivity contribution is 7.89. The van der Waals surface area contributed by atoms with Crippen LogP contribution in [0.1, 0.15) is 24.6 Å². The minimum atomic E-state index is -3.92. The lowest BCUT2D eigenvalue weighted by Crippen LogP contribution is -2.18. The molecule has 3 N–H and O–H groups in total. The Kier molecular flexibility index (Phi) is 6.77. The van der Waals surface area contributed by atoms with Gasteiger partial charge < -0.3 is 5.32 Å². The lowest BCUT2D eigenvalue weighted by molar-refractivity contribution is -0.119. The molecule has 4 rings (SSSR count). The maximum atomic E-state index is 14.2. The number of aromatic nitrogens is 2. The van der Waals surface area contributed by atoms with E-state index in [4.69, 9.17) is 5.14 Å². The second kappa shape index (κ2) is 9.77. The number of para-hydroxylation sites is 1. The fourth-order valence-electron chi connectivity index (χ4n) is 3.71. The molecule has 0 bridgehead atoms. The number of sulfonamides is 1. The largest absolute Gasteiger partial charge is 0.352 e. The van der Waals surface area contributed by atoms with Gasteiger partial charge in [-0.1, -0.05) is 54.6 Å². The number of nitrogens with zero attached hydrogens (tertiary/aromatic N) is 2. The predicted octanol–water partition coefficient (Wildman–Crippen LogP) is 4.43. The molecule has 1 aromatic heterocycles. The number of rotatable bonds is 7.